The van der Waals surface area contributed by atoms with Crippen LogP contribution in [0.1, 0.15) is 18.9 Å². The smallest absolute Gasteiger partial charge is 0.339 e. The van der Waals surface area contributed by atoms with E-state index in [0.717, 1.165) is 24.2 Å². The van der Waals surface area contributed by atoms with Crippen LogP contribution in [-0.2, 0) is 9.53 Å². The van der Waals surface area contributed by atoms with Gasteiger partial charge in [-0.05, 0) is 30.2 Å². The number of rotatable bonds is 5. The maximum absolute atomic E-state index is 12.4. The summed E-state index contributed by atoms with van der Waals surface area (Å²) in [5.74, 6) is 0.243. The Labute approximate surface area is 130 Å². The highest BCUT2D eigenvalue weighted by Crippen LogP contribution is 2.30. The first-order valence-electron chi connectivity index (χ1n) is 7.38. The quantitative estimate of drug-likeness (QED) is 0.364. The number of para-hydroxylation sites is 1. The normalized spacial score (nSPS) is 17.6. The van der Waals surface area contributed by atoms with Crippen molar-refractivity contribution in [2.24, 2.45) is 0 Å². The molecule has 3 nitrogen and oxygen atoms in total. The monoisotopic (exact) mass is 294 g/mol. The second kappa shape index (κ2) is 6.58. The maximum Gasteiger partial charge on any atom is 0.339 e. The summed E-state index contributed by atoms with van der Waals surface area (Å²) in [5.41, 5.74) is 2.66. The summed E-state index contributed by atoms with van der Waals surface area (Å²) in [6.07, 6.45) is 0.953. The van der Waals surface area contributed by atoms with E-state index in [0.29, 0.717) is 11.3 Å². The molecule has 1 fully saturated rings. The number of carbonyl (C=O) groups is 1. The molecule has 1 unspecified atom stereocenters. The average Bonchev–Trinajstić information content (AvgIpc) is 3.38. The van der Waals surface area contributed by atoms with Crippen LogP contribution in [0.2, 0.25) is 0 Å². The predicted molar refractivity (Wildman–Crippen MR) is 85.5 cm³/mol. The van der Waals surface area contributed by atoms with Crippen LogP contribution in [0.4, 0.5) is 0 Å². The Kier molecular flexibility index (Phi) is 4.35. The Bertz CT molecular complexity index is 670. The fourth-order valence-electron chi connectivity index (χ4n) is 2.34. The van der Waals surface area contributed by atoms with Gasteiger partial charge in [-0.1, -0.05) is 48.5 Å². The number of carbonyl (C=O) groups excluding carboxylic acids is 1. The van der Waals surface area contributed by atoms with Crippen molar-refractivity contribution in [2.75, 3.05) is 6.61 Å². The van der Waals surface area contributed by atoms with Crippen LogP contribution in [-0.4, -0.2) is 18.7 Å². The highest BCUT2D eigenvalue weighted by Gasteiger charge is 2.26. The van der Waals surface area contributed by atoms with Crippen molar-refractivity contribution in [3.63, 3.8) is 0 Å². The van der Waals surface area contributed by atoms with Crippen molar-refractivity contribution < 1.29 is 14.3 Å². The van der Waals surface area contributed by atoms with E-state index in [4.69, 9.17) is 9.47 Å². The van der Waals surface area contributed by atoms with Crippen LogP contribution in [0.5, 0.6) is 5.75 Å². The number of hydrogen-bond acceptors (Lipinski definition) is 3. The van der Waals surface area contributed by atoms with Gasteiger partial charge in [0.25, 0.3) is 0 Å². The Balaban J connectivity index is 1.86. The van der Waals surface area contributed by atoms with Gasteiger partial charge in [-0.15, -0.1) is 0 Å². The third-order valence-corrected chi connectivity index (χ3v) is 3.67. The van der Waals surface area contributed by atoms with Crippen molar-refractivity contribution in [2.45, 2.75) is 19.4 Å². The second-order valence-corrected chi connectivity index (χ2v) is 5.33. The van der Waals surface area contributed by atoms with Gasteiger partial charge >= 0.3 is 5.97 Å². The average molecular weight is 294 g/mol. The summed E-state index contributed by atoms with van der Waals surface area (Å²) >= 11 is 0. The molecule has 1 heterocycles. The molecule has 112 valence electrons. The van der Waals surface area contributed by atoms with Crippen molar-refractivity contribution in [3.8, 4) is 5.75 Å². The maximum atomic E-state index is 12.4. The number of ether oxygens (including phenoxy) is 2. The lowest BCUT2D eigenvalue weighted by Crippen LogP contribution is -2.12. The minimum Gasteiger partial charge on any atom is -0.423 e. The van der Waals surface area contributed by atoms with Gasteiger partial charge in [0.2, 0.25) is 0 Å². The number of benzene rings is 2. The number of epoxide rings is 1. The molecule has 0 saturated carbocycles. The van der Waals surface area contributed by atoms with Crippen LogP contribution in [0, 0.1) is 0 Å². The second-order valence-electron chi connectivity index (χ2n) is 5.33. The molecule has 3 heteroatoms. The Morgan fingerprint density at radius 1 is 1.09 bits per heavy atom. The molecule has 0 aliphatic carbocycles. The first kappa shape index (κ1) is 14.5. The molecule has 1 aliphatic heterocycles. The minimum absolute atomic E-state index is 0.217. The van der Waals surface area contributed by atoms with Crippen molar-refractivity contribution in [1.82, 2.24) is 0 Å². The molecule has 0 bridgehead atoms. The van der Waals surface area contributed by atoms with Gasteiger partial charge in [0.1, 0.15) is 5.75 Å². The van der Waals surface area contributed by atoms with Gasteiger partial charge in [0.15, 0.2) is 0 Å². The first-order chi connectivity index (χ1) is 10.7. The first-order valence-corrected chi connectivity index (χ1v) is 7.38. The molecule has 0 spiro atoms. The topological polar surface area (TPSA) is 38.8 Å². The number of hydrogen-bond donors (Lipinski definition) is 0. The molecule has 0 N–H and O–H groups in total. The van der Waals surface area contributed by atoms with Crippen LogP contribution in [0.15, 0.2) is 66.2 Å². The van der Waals surface area contributed by atoms with E-state index in [9.17, 15) is 4.79 Å². The highest BCUT2D eigenvalue weighted by atomic mass is 16.6. The molecule has 1 atom stereocenters. The fourth-order valence-corrected chi connectivity index (χ4v) is 2.34. The summed E-state index contributed by atoms with van der Waals surface area (Å²) in [6.45, 7) is 2.58. The van der Waals surface area contributed by atoms with Crippen LogP contribution < -0.4 is 4.74 Å². The van der Waals surface area contributed by atoms with Crippen LogP contribution in [0.3, 0.4) is 0 Å². The van der Waals surface area contributed by atoms with Gasteiger partial charge in [-0.25, -0.2) is 4.79 Å². The zero-order valence-electron chi connectivity index (χ0n) is 12.5. The molecule has 1 aliphatic rings. The molecule has 0 aromatic heterocycles. The Morgan fingerprint density at radius 2 is 1.68 bits per heavy atom. The summed E-state index contributed by atoms with van der Waals surface area (Å²) in [7, 11) is 0. The summed E-state index contributed by atoms with van der Waals surface area (Å²) < 4.78 is 10.8. The summed E-state index contributed by atoms with van der Waals surface area (Å²) in [4.78, 5) is 12.4. The van der Waals surface area contributed by atoms with Gasteiger partial charge < -0.3 is 9.47 Å². The Morgan fingerprint density at radius 3 is 2.27 bits per heavy atom. The molecule has 0 amide bonds. The summed E-state index contributed by atoms with van der Waals surface area (Å²) in [5, 5.41) is 0. The van der Waals surface area contributed by atoms with Crippen molar-refractivity contribution >= 4 is 11.5 Å². The van der Waals surface area contributed by atoms with E-state index >= 15 is 0 Å². The van der Waals surface area contributed by atoms with E-state index in [1.165, 1.54) is 0 Å². The van der Waals surface area contributed by atoms with E-state index in [-0.39, 0.29) is 12.1 Å². The molecule has 3 rings (SSSR count). The number of esters is 1. The van der Waals surface area contributed by atoms with E-state index < -0.39 is 0 Å². The van der Waals surface area contributed by atoms with Crippen molar-refractivity contribution in [3.05, 3.63) is 71.8 Å². The largest absolute Gasteiger partial charge is 0.423 e. The highest BCUT2D eigenvalue weighted by molar-refractivity contribution is 5.98. The standard InChI is InChI=1S/C19H18O3/c1-14(19(20)22-16-10-6-3-7-11-16)18(12-17-13-21-17)15-8-4-2-5-9-15/h2-11,17H,12-13H2,1H3. The molecule has 2 aromatic rings. The zero-order chi connectivity index (χ0) is 15.4. The third kappa shape index (κ3) is 3.62. The van der Waals surface area contributed by atoms with Crippen LogP contribution in [0.25, 0.3) is 5.57 Å². The lowest BCUT2D eigenvalue weighted by Gasteiger charge is -2.11. The van der Waals surface area contributed by atoms with E-state index in [1.54, 1.807) is 12.1 Å². The fraction of sp³-hybridized carbons (Fsp3) is 0.211. The molecule has 1 saturated heterocycles. The lowest BCUT2D eigenvalue weighted by atomic mass is 9.96. The summed E-state index contributed by atoms with van der Waals surface area (Å²) in [6, 6.07) is 19.1. The van der Waals surface area contributed by atoms with Crippen LogP contribution >= 0.6 is 0 Å². The lowest BCUT2D eigenvalue weighted by molar-refractivity contribution is -0.130. The van der Waals surface area contributed by atoms with Gasteiger partial charge in [-0.3, -0.25) is 0 Å². The molecular weight excluding hydrogens is 276 g/mol. The van der Waals surface area contributed by atoms with Crippen molar-refractivity contribution in [1.29, 1.82) is 0 Å². The predicted octanol–water partition coefficient (Wildman–Crippen LogP) is 3.85. The van der Waals surface area contributed by atoms with E-state index in [1.807, 2.05) is 55.5 Å². The third-order valence-electron chi connectivity index (χ3n) is 3.67. The van der Waals surface area contributed by atoms with E-state index in [2.05, 4.69) is 0 Å². The molecule has 2 aromatic carbocycles. The molecular formula is C19H18O3. The van der Waals surface area contributed by atoms with Gasteiger partial charge in [0.05, 0.1) is 12.7 Å². The zero-order valence-corrected chi connectivity index (χ0v) is 12.5. The minimum atomic E-state index is -0.314. The SMILES string of the molecule is CC(C(=O)Oc1ccccc1)=C(CC1CO1)c1ccccc1. The Hall–Kier alpha value is -2.39. The molecule has 22 heavy (non-hydrogen) atoms. The van der Waals surface area contributed by atoms with Gasteiger partial charge in [0, 0.05) is 12.0 Å². The molecule has 0 radical (unpaired) electrons. The van der Waals surface area contributed by atoms with Gasteiger partial charge in [-0.2, -0.15) is 0 Å².